The van der Waals surface area contributed by atoms with E-state index in [2.05, 4.69) is 0 Å². The van der Waals surface area contributed by atoms with Crippen LogP contribution in [-0.4, -0.2) is 33.0 Å². The zero-order chi connectivity index (χ0) is 24.2. The molecule has 0 unspecified atom stereocenters. The summed E-state index contributed by atoms with van der Waals surface area (Å²) in [6, 6.07) is 10.9. The number of nitrogens with zero attached hydrogens (tertiary/aromatic N) is 2. The highest BCUT2D eigenvalue weighted by Crippen LogP contribution is 2.42. The molecular formula is C25H30FN2O4S+. The number of halogens is 1. The Labute approximate surface area is 197 Å². The molecule has 0 atom stereocenters. The third-order valence-electron chi connectivity index (χ3n) is 5.78. The lowest BCUT2D eigenvalue weighted by atomic mass is 10.0. The Bertz CT molecular complexity index is 1080. The van der Waals surface area contributed by atoms with Crippen molar-refractivity contribution in [1.29, 1.82) is 0 Å². The first-order valence-electron chi connectivity index (χ1n) is 11.0. The number of hydrogen-bond donors (Lipinski definition) is 3. The molecule has 33 heavy (non-hydrogen) atoms. The fourth-order valence-electron chi connectivity index (χ4n) is 3.83. The van der Waals surface area contributed by atoms with Crippen LogP contribution in [0.1, 0.15) is 61.5 Å². The SMILES string of the molecule is C/C=C(\SC(=C(C)CC)c1ccc(F)cc1)[N+](O)(O)N1CCCCc2cc(C(=O)O)ccc21. The summed E-state index contributed by atoms with van der Waals surface area (Å²) in [6.45, 7) is 6.10. The number of carboxylic acid groups (broad SMARTS) is 1. The predicted molar refractivity (Wildman–Crippen MR) is 128 cm³/mol. The lowest BCUT2D eigenvalue weighted by Gasteiger charge is -2.34. The molecule has 6 nitrogen and oxygen atoms in total. The maximum absolute atomic E-state index is 13.5. The first-order valence-corrected chi connectivity index (χ1v) is 11.8. The van der Waals surface area contributed by atoms with Crippen LogP contribution in [0.5, 0.6) is 0 Å². The van der Waals surface area contributed by atoms with E-state index in [1.54, 1.807) is 37.3 Å². The first-order chi connectivity index (χ1) is 15.7. The third kappa shape index (κ3) is 5.47. The van der Waals surface area contributed by atoms with E-state index >= 15 is 0 Å². The Kier molecular flexibility index (Phi) is 7.97. The Morgan fingerprint density at radius 2 is 1.82 bits per heavy atom. The number of thioether (sulfide) groups is 1. The summed E-state index contributed by atoms with van der Waals surface area (Å²) in [6.07, 6.45) is 4.57. The van der Waals surface area contributed by atoms with E-state index in [0.717, 1.165) is 34.4 Å². The van der Waals surface area contributed by atoms with Gasteiger partial charge in [-0.05, 0) is 98.8 Å². The van der Waals surface area contributed by atoms with Crippen LogP contribution in [0.4, 0.5) is 10.1 Å². The number of carboxylic acids is 1. The highest BCUT2D eigenvalue weighted by Gasteiger charge is 2.41. The molecule has 0 radical (unpaired) electrons. The second-order valence-corrected chi connectivity index (χ2v) is 9.03. The molecule has 1 aliphatic heterocycles. The quantitative estimate of drug-likeness (QED) is 0.310. The Morgan fingerprint density at radius 3 is 2.42 bits per heavy atom. The van der Waals surface area contributed by atoms with Gasteiger partial charge in [0, 0.05) is 4.91 Å². The van der Waals surface area contributed by atoms with Crippen molar-refractivity contribution in [2.75, 3.05) is 11.6 Å². The van der Waals surface area contributed by atoms with Crippen LogP contribution >= 0.6 is 11.8 Å². The zero-order valence-corrected chi connectivity index (χ0v) is 19.9. The summed E-state index contributed by atoms with van der Waals surface area (Å²) >= 11 is 1.23. The lowest BCUT2D eigenvalue weighted by Crippen LogP contribution is -2.55. The number of aryl methyl sites for hydroxylation is 1. The molecule has 1 heterocycles. The number of benzene rings is 2. The van der Waals surface area contributed by atoms with Crippen LogP contribution < -0.4 is 5.01 Å². The molecule has 0 saturated carbocycles. The van der Waals surface area contributed by atoms with Gasteiger partial charge in [-0.2, -0.15) is 5.01 Å². The second kappa shape index (κ2) is 10.5. The largest absolute Gasteiger partial charge is 0.478 e. The van der Waals surface area contributed by atoms with Crippen molar-refractivity contribution in [2.45, 2.75) is 46.5 Å². The Morgan fingerprint density at radius 1 is 1.15 bits per heavy atom. The summed E-state index contributed by atoms with van der Waals surface area (Å²) in [5, 5.41) is 33.8. The molecular weight excluding hydrogens is 443 g/mol. The number of carbonyl (C=O) groups is 1. The van der Waals surface area contributed by atoms with Crippen molar-refractivity contribution in [1.82, 2.24) is 0 Å². The summed E-state index contributed by atoms with van der Waals surface area (Å²) in [5.74, 6) is -1.35. The van der Waals surface area contributed by atoms with Crippen LogP contribution in [0.25, 0.3) is 4.91 Å². The molecule has 0 aliphatic carbocycles. The van der Waals surface area contributed by atoms with Crippen LogP contribution in [0.2, 0.25) is 0 Å². The number of aromatic carboxylic acids is 1. The van der Waals surface area contributed by atoms with Crippen molar-refractivity contribution >= 4 is 28.3 Å². The van der Waals surface area contributed by atoms with Crippen molar-refractivity contribution < 1.29 is 29.6 Å². The average Bonchev–Trinajstić information content (AvgIpc) is 3.02. The standard InChI is InChI=1S/C25H29FN2O4S/c1-4-17(3)24(18-9-12-21(26)13-10-18)33-23(5-2)28(31,32)27-15-7-6-8-19-16-20(25(29)30)11-14-22(19)27/h5,9-14,16,31-32H,4,6-8,15H2,1-3H3/p+1/b23-5-,24-17?. The topological polar surface area (TPSA) is 81.0 Å². The average molecular weight is 474 g/mol. The normalized spacial score (nSPS) is 15.6. The minimum atomic E-state index is -1.48. The summed E-state index contributed by atoms with van der Waals surface area (Å²) in [4.78, 5) is 10.8. The monoisotopic (exact) mass is 473 g/mol. The second-order valence-electron chi connectivity index (χ2n) is 8.00. The van der Waals surface area contributed by atoms with Crippen molar-refractivity contribution in [3.8, 4) is 0 Å². The predicted octanol–water partition coefficient (Wildman–Crippen LogP) is 6.61. The maximum atomic E-state index is 13.5. The summed E-state index contributed by atoms with van der Waals surface area (Å²) in [5.41, 5.74) is 3.35. The van der Waals surface area contributed by atoms with Crippen LogP contribution in [-0.2, 0) is 6.42 Å². The van der Waals surface area contributed by atoms with Crippen molar-refractivity contribution in [3.05, 3.63) is 81.7 Å². The molecule has 0 spiro atoms. The van der Waals surface area contributed by atoms with Gasteiger partial charge in [0.25, 0.3) is 5.03 Å². The third-order valence-corrected chi connectivity index (χ3v) is 7.26. The van der Waals surface area contributed by atoms with Gasteiger partial charge in [0.1, 0.15) is 5.82 Å². The number of anilines is 1. The van der Waals surface area contributed by atoms with Gasteiger partial charge in [-0.3, -0.25) is 0 Å². The number of quaternary nitrogens is 1. The van der Waals surface area contributed by atoms with E-state index in [-0.39, 0.29) is 16.4 Å². The first kappa shape index (κ1) is 25.0. The minimum absolute atomic E-state index is 0.172. The van der Waals surface area contributed by atoms with Gasteiger partial charge in [0.15, 0.2) is 0 Å². The van der Waals surface area contributed by atoms with Crippen LogP contribution in [0.15, 0.2) is 59.1 Å². The van der Waals surface area contributed by atoms with Gasteiger partial charge in [0.05, 0.1) is 22.7 Å². The zero-order valence-electron chi connectivity index (χ0n) is 19.1. The molecule has 1 aliphatic rings. The molecule has 3 N–H and O–H groups in total. The minimum Gasteiger partial charge on any atom is -0.478 e. The number of rotatable bonds is 7. The van der Waals surface area contributed by atoms with E-state index in [9.17, 15) is 24.7 Å². The number of fused-ring (bicyclic) bond motifs is 1. The van der Waals surface area contributed by atoms with E-state index in [4.69, 9.17) is 0 Å². The van der Waals surface area contributed by atoms with E-state index in [1.807, 2.05) is 13.8 Å². The molecule has 3 rings (SSSR count). The smallest absolute Gasteiger partial charge is 0.335 e. The van der Waals surface area contributed by atoms with Gasteiger partial charge >= 0.3 is 5.97 Å². The van der Waals surface area contributed by atoms with Gasteiger partial charge < -0.3 is 5.11 Å². The van der Waals surface area contributed by atoms with Gasteiger partial charge in [-0.1, -0.05) is 24.6 Å². The van der Waals surface area contributed by atoms with Gasteiger partial charge in [0.2, 0.25) is 0 Å². The lowest BCUT2D eigenvalue weighted by molar-refractivity contribution is -1.22. The Hall–Kier alpha value is -2.65. The maximum Gasteiger partial charge on any atom is 0.335 e. The van der Waals surface area contributed by atoms with E-state index in [0.29, 0.717) is 25.1 Å². The number of hydroxylamine groups is 2. The molecule has 176 valence electrons. The highest BCUT2D eigenvalue weighted by molar-refractivity contribution is 8.11. The molecule has 0 amide bonds. The van der Waals surface area contributed by atoms with Gasteiger partial charge in [-0.25, -0.2) is 9.18 Å². The van der Waals surface area contributed by atoms with E-state index in [1.165, 1.54) is 35.0 Å². The van der Waals surface area contributed by atoms with Crippen LogP contribution in [0, 0.1) is 5.82 Å². The fourth-order valence-corrected chi connectivity index (χ4v) is 4.95. The number of allylic oxidation sites excluding steroid dienone is 2. The summed E-state index contributed by atoms with van der Waals surface area (Å²) in [7, 11) is 0. The molecule has 8 heteroatoms. The number of hydrogen-bond acceptors (Lipinski definition) is 5. The summed E-state index contributed by atoms with van der Waals surface area (Å²) < 4.78 is 13.5. The molecule has 2 aromatic carbocycles. The Balaban J connectivity index is 2.01. The highest BCUT2D eigenvalue weighted by atomic mass is 32.2. The molecule has 0 aromatic heterocycles. The van der Waals surface area contributed by atoms with Gasteiger partial charge in [-0.15, -0.1) is 10.4 Å². The van der Waals surface area contributed by atoms with Crippen molar-refractivity contribution in [2.24, 2.45) is 0 Å². The van der Waals surface area contributed by atoms with Crippen molar-refractivity contribution in [3.63, 3.8) is 0 Å². The van der Waals surface area contributed by atoms with Crippen LogP contribution in [0.3, 0.4) is 0 Å². The molecule has 2 aromatic rings. The molecule has 0 bridgehead atoms. The molecule has 0 fully saturated rings. The fraction of sp³-hybridized carbons (Fsp3) is 0.320. The molecule has 0 saturated heterocycles. The van der Waals surface area contributed by atoms with E-state index < -0.39 is 10.9 Å².